The van der Waals surface area contributed by atoms with E-state index in [0.717, 1.165) is 13.1 Å². The molecule has 2 unspecified atom stereocenters. The molecule has 0 radical (unpaired) electrons. The van der Waals surface area contributed by atoms with Crippen LogP contribution in [-0.2, 0) is 0 Å². The Kier molecular flexibility index (Phi) is 2.46. The topological polar surface area (TPSA) is 29.3 Å². The molecule has 0 heterocycles. The van der Waals surface area contributed by atoms with E-state index in [1.54, 1.807) is 0 Å². The second-order valence-corrected chi connectivity index (χ2v) is 3.21. The monoisotopic (exact) mass is 140 g/mol. The van der Waals surface area contributed by atoms with E-state index in [-0.39, 0.29) is 0 Å². The standard InChI is InChI=1S/C8H16N2/c1-10(2)6-8-4-3-7(8)5-9/h3-4,7-8H,5-6,9H2,1-2H3. The van der Waals surface area contributed by atoms with E-state index in [1.165, 1.54) is 0 Å². The molecule has 0 aromatic rings. The molecule has 0 amide bonds. The Morgan fingerprint density at radius 1 is 1.30 bits per heavy atom. The van der Waals surface area contributed by atoms with E-state index < -0.39 is 0 Å². The molecule has 0 bridgehead atoms. The van der Waals surface area contributed by atoms with Crippen molar-refractivity contribution in [1.82, 2.24) is 4.90 Å². The first-order valence-electron chi connectivity index (χ1n) is 3.77. The van der Waals surface area contributed by atoms with Crippen LogP contribution in [0.1, 0.15) is 0 Å². The minimum Gasteiger partial charge on any atom is -0.330 e. The van der Waals surface area contributed by atoms with Crippen LogP contribution in [0, 0.1) is 11.8 Å². The Morgan fingerprint density at radius 2 is 1.90 bits per heavy atom. The molecule has 0 aliphatic heterocycles. The lowest BCUT2D eigenvalue weighted by Crippen LogP contribution is -2.34. The predicted octanol–water partition coefficient (Wildman–Crippen LogP) is 0.309. The van der Waals surface area contributed by atoms with Crippen LogP contribution < -0.4 is 5.73 Å². The van der Waals surface area contributed by atoms with Crippen LogP contribution in [0.5, 0.6) is 0 Å². The van der Waals surface area contributed by atoms with Crippen LogP contribution in [0.25, 0.3) is 0 Å². The molecule has 10 heavy (non-hydrogen) atoms. The molecule has 2 atom stereocenters. The molecule has 0 aromatic heterocycles. The average Bonchev–Trinajstić information content (AvgIpc) is 1.82. The van der Waals surface area contributed by atoms with Crippen LogP contribution in [-0.4, -0.2) is 32.1 Å². The third-order valence-corrected chi connectivity index (χ3v) is 2.00. The van der Waals surface area contributed by atoms with Crippen molar-refractivity contribution in [3.8, 4) is 0 Å². The highest BCUT2D eigenvalue weighted by molar-refractivity contribution is 5.10. The fourth-order valence-electron chi connectivity index (χ4n) is 1.30. The Labute approximate surface area is 62.7 Å². The largest absolute Gasteiger partial charge is 0.330 e. The summed E-state index contributed by atoms with van der Waals surface area (Å²) in [7, 11) is 4.19. The average molecular weight is 140 g/mol. The minimum absolute atomic E-state index is 0.641. The molecule has 1 aliphatic carbocycles. The molecule has 1 rings (SSSR count). The van der Waals surface area contributed by atoms with Crippen LogP contribution >= 0.6 is 0 Å². The smallest absolute Gasteiger partial charge is 0.00444 e. The van der Waals surface area contributed by atoms with Gasteiger partial charge >= 0.3 is 0 Å². The predicted molar refractivity (Wildman–Crippen MR) is 43.7 cm³/mol. The fourth-order valence-corrected chi connectivity index (χ4v) is 1.30. The Hall–Kier alpha value is -0.340. The number of nitrogens with zero attached hydrogens (tertiary/aromatic N) is 1. The van der Waals surface area contributed by atoms with Gasteiger partial charge < -0.3 is 10.6 Å². The molecule has 0 aromatic carbocycles. The summed E-state index contributed by atoms with van der Waals surface area (Å²) in [4.78, 5) is 2.21. The fraction of sp³-hybridized carbons (Fsp3) is 0.750. The zero-order valence-corrected chi connectivity index (χ0v) is 6.75. The highest BCUT2D eigenvalue weighted by atomic mass is 15.1. The summed E-state index contributed by atoms with van der Waals surface area (Å²) >= 11 is 0. The summed E-state index contributed by atoms with van der Waals surface area (Å²) in [6, 6.07) is 0. The van der Waals surface area contributed by atoms with E-state index in [2.05, 4.69) is 31.1 Å². The SMILES string of the molecule is CN(C)CC1C=CC1CN. The van der Waals surface area contributed by atoms with Gasteiger partial charge in [-0.15, -0.1) is 0 Å². The maximum absolute atomic E-state index is 5.53. The molecule has 58 valence electrons. The van der Waals surface area contributed by atoms with Gasteiger partial charge in [0, 0.05) is 6.54 Å². The lowest BCUT2D eigenvalue weighted by Gasteiger charge is -2.30. The summed E-state index contributed by atoms with van der Waals surface area (Å²) in [5.74, 6) is 1.35. The van der Waals surface area contributed by atoms with Crippen molar-refractivity contribution >= 4 is 0 Å². The Morgan fingerprint density at radius 3 is 2.20 bits per heavy atom. The first-order valence-corrected chi connectivity index (χ1v) is 3.77. The van der Waals surface area contributed by atoms with Crippen LogP contribution in [0.2, 0.25) is 0 Å². The molecule has 2 N–H and O–H groups in total. The number of hydrogen-bond donors (Lipinski definition) is 1. The van der Waals surface area contributed by atoms with Gasteiger partial charge in [0.1, 0.15) is 0 Å². The summed E-state index contributed by atoms with van der Waals surface area (Å²) in [5, 5.41) is 0. The van der Waals surface area contributed by atoms with Crippen LogP contribution in [0.4, 0.5) is 0 Å². The molecule has 0 saturated heterocycles. The molecule has 2 nitrogen and oxygen atoms in total. The quantitative estimate of drug-likeness (QED) is 0.572. The van der Waals surface area contributed by atoms with Gasteiger partial charge in [0.25, 0.3) is 0 Å². The third kappa shape index (κ3) is 1.58. The molecular weight excluding hydrogens is 124 g/mol. The van der Waals surface area contributed by atoms with Gasteiger partial charge in [0.15, 0.2) is 0 Å². The highest BCUT2D eigenvalue weighted by Gasteiger charge is 2.22. The lowest BCUT2D eigenvalue weighted by atomic mass is 9.82. The Balaban J connectivity index is 2.25. The maximum atomic E-state index is 5.53. The van der Waals surface area contributed by atoms with E-state index in [4.69, 9.17) is 5.73 Å². The second-order valence-electron chi connectivity index (χ2n) is 3.21. The minimum atomic E-state index is 0.641. The number of nitrogens with two attached hydrogens (primary N) is 1. The van der Waals surface area contributed by atoms with Crippen molar-refractivity contribution in [2.45, 2.75) is 0 Å². The summed E-state index contributed by atoms with van der Waals surface area (Å²) in [5.41, 5.74) is 5.53. The van der Waals surface area contributed by atoms with E-state index in [0.29, 0.717) is 11.8 Å². The van der Waals surface area contributed by atoms with Gasteiger partial charge in [-0.2, -0.15) is 0 Å². The Bertz CT molecular complexity index is 129. The van der Waals surface area contributed by atoms with Crippen LogP contribution in [0.3, 0.4) is 0 Å². The van der Waals surface area contributed by atoms with Crippen LogP contribution in [0.15, 0.2) is 12.2 Å². The van der Waals surface area contributed by atoms with Crippen molar-refractivity contribution in [3.63, 3.8) is 0 Å². The third-order valence-electron chi connectivity index (χ3n) is 2.00. The van der Waals surface area contributed by atoms with E-state index >= 15 is 0 Å². The van der Waals surface area contributed by atoms with E-state index in [1.807, 2.05) is 0 Å². The molecule has 2 heteroatoms. The van der Waals surface area contributed by atoms with Gasteiger partial charge in [0.2, 0.25) is 0 Å². The molecular formula is C8H16N2. The number of hydrogen-bond acceptors (Lipinski definition) is 2. The first kappa shape index (κ1) is 7.76. The van der Waals surface area contributed by atoms with Gasteiger partial charge in [-0.1, -0.05) is 12.2 Å². The van der Waals surface area contributed by atoms with Crippen molar-refractivity contribution in [2.75, 3.05) is 27.2 Å². The van der Waals surface area contributed by atoms with Crippen molar-refractivity contribution in [1.29, 1.82) is 0 Å². The van der Waals surface area contributed by atoms with Gasteiger partial charge in [-0.3, -0.25) is 0 Å². The maximum Gasteiger partial charge on any atom is 0.00444 e. The molecule has 0 spiro atoms. The second kappa shape index (κ2) is 3.17. The van der Waals surface area contributed by atoms with Crippen molar-refractivity contribution < 1.29 is 0 Å². The number of rotatable bonds is 3. The first-order chi connectivity index (χ1) is 4.74. The normalized spacial score (nSPS) is 30.8. The van der Waals surface area contributed by atoms with Gasteiger partial charge in [0.05, 0.1) is 0 Å². The zero-order chi connectivity index (χ0) is 7.56. The molecule has 1 aliphatic rings. The zero-order valence-electron chi connectivity index (χ0n) is 6.75. The lowest BCUT2D eigenvalue weighted by molar-refractivity contribution is 0.298. The summed E-state index contributed by atoms with van der Waals surface area (Å²) < 4.78 is 0. The summed E-state index contributed by atoms with van der Waals surface area (Å²) in [6.07, 6.45) is 4.45. The highest BCUT2D eigenvalue weighted by Crippen LogP contribution is 2.24. The molecule has 0 saturated carbocycles. The van der Waals surface area contributed by atoms with Gasteiger partial charge in [-0.25, -0.2) is 0 Å². The van der Waals surface area contributed by atoms with E-state index in [9.17, 15) is 0 Å². The molecule has 0 fully saturated rings. The van der Waals surface area contributed by atoms with Crippen molar-refractivity contribution in [2.24, 2.45) is 17.6 Å². The van der Waals surface area contributed by atoms with Crippen molar-refractivity contribution in [3.05, 3.63) is 12.2 Å². The van der Waals surface area contributed by atoms with Gasteiger partial charge in [-0.05, 0) is 32.5 Å². The summed E-state index contributed by atoms with van der Waals surface area (Å²) in [6.45, 7) is 1.94.